The molecule has 0 fully saturated rings. The van der Waals surface area contributed by atoms with E-state index in [2.05, 4.69) is 15.1 Å². The van der Waals surface area contributed by atoms with Crippen molar-refractivity contribution in [2.24, 2.45) is 0 Å². The predicted molar refractivity (Wildman–Crippen MR) is 75.0 cm³/mol. The molecule has 0 saturated heterocycles. The maximum Gasteiger partial charge on any atom is 0.273 e. The number of hydrogen-bond donors (Lipinski definition) is 2. The fourth-order valence-electron chi connectivity index (χ4n) is 2.01. The molecule has 2 heterocycles. The summed E-state index contributed by atoms with van der Waals surface area (Å²) in [6.45, 7) is 1.98. The van der Waals surface area contributed by atoms with E-state index in [1.807, 2.05) is 31.2 Å². The molecule has 0 saturated carbocycles. The molecule has 6 nitrogen and oxygen atoms in total. The van der Waals surface area contributed by atoms with Crippen LogP contribution in [0.4, 0.5) is 0 Å². The summed E-state index contributed by atoms with van der Waals surface area (Å²) >= 11 is 0. The van der Waals surface area contributed by atoms with Crippen molar-refractivity contribution in [1.29, 1.82) is 0 Å². The molecule has 6 heteroatoms. The molecule has 0 radical (unpaired) electrons. The third-order valence-electron chi connectivity index (χ3n) is 2.94. The van der Waals surface area contributed by atoms with E-state index in [1.54, 1.807) is 0 Å². The van der Waals surface area contributed by atoms with Gasteiger partial charge in [-0.05, 0) is 18.6 Å². The number of aryl methyl sites for hydroxylation is 1. The van der Waals surface area contributed by atoms with E-state index in [-0.39, 0.29) is 16.9 Å². The Kier molecular flexibility index (Phi) is 2.83. The summed E-state index contributed by atoms with van der Waals surface area (Å²) < 4.78 is 1.24. The lowest BCUT2D eigenvalue weighted by atomic mass is 10.1. The minimum atomic E-state index is -0.311. The topological polar surface area (TPSA) is 83.5 Å². The highest BCUT2D eigenvalue weighted by atomic mass is 16.1. The van der Waals surface area contributed by atoms with Gasteiger partial charge in [-0.2, -0.15) is 0 Å². The van der Waals surface area contributed by atoms with Crippen LogP contribution in [0.15, 0.2) is 52.3 Å². The first-order chi connectivity index (χ1) is 9.63. The van der Waals surface area contributed by atoms with Crippen molar-refractivity contribution in [3.05, 3.63) is 69.0 Å². The third kappa shape index (κ3) is 2.18. The molecule has 0 atom stereocenters. The number of aromatic nitrogens is 4. The SMILES string of the molecule is Cc1cccc(-c2cc(=O)n(-c3cc(=O)[nH]cn3)[nH]2)c1. The van der Waals surface area contributed by atoms with Gasteiger partial charge in [-0.1, -0.05) is 23.8 Å². The maximum absolute atomic E-state index is 12.0. The second kappa shape index (κ2) is 4.65. The standard InChI is InChI=1S/C14H12N4O2/c1-9-3-2-4-10(5-9)11-6-14(20)18(17-11)12-7-13(19)16-8-15-12/h2-8,17H,1H3,(H,15,16,19). The van der Waals surface area contributed by atoms with Crippen molar-refractivity contribution < 1.29 is 0 Å². The zero-order valence-electron chi connectivity index (χ0n) is 10.8. The third-order valence-corrected chi connectivity index (χ3v) is 2.94. The van der Waals surface area contributed by atoms with E-state index < -0.39 is 0 Å². The molecule has 1 aromatic carbocycles. The van der Waals surface area contributed by atoms with Crippen molar-refractivity contribution in [3.8, 4) is 17.1 Å². The highest BCUT2D eigenvalue weighted by Gasteiger charge is 2.08. The van der Waals surface area contributed by atoms with Crippen LogP contribution in [0.25, 0.3) is 17.1 Å². The average molecular weight is 268 g/mol. The Morgan fingerprint density at radius 2 is 2.00 bits per heavy atom. The van der Waals surface area contributed by atoms with Crippen LogP contribution in [-0.4, -0.2) is 19.7 Å². The zero-order chi connectivity index (χ0) is 14.1. The van der Waals surface area contributed by atoms with Crippen LogP contribution in [0.1, 0.15) is 5.56 Å². The Labute approximate surface area is 113 Å². The molecule has 0 bridgehead atoms. The Morgan fingerprint density at radius 3 is 2.75 bits per heavy atom. The molecule has 0 unspecified atom stereocenters. The van der Waals surface area contributed by atoms with Gasteiger partial charge in [-0.15, -0.1) is 0 Å². The highest BCUT2D eigenvalue weighted by Crippen LogP contribution is 2.16. The van der Waals surface area contributed by atoms with Gasteiger partial charge >= 0.3 is 0 Å². The van der Waals surface area contributed by atoms with Gasteiger partial charge < -0.3 is 4.98 Å². The summed E-state index contributed by atoms with van der Waals surface area (Å²) in [7, 11) is 0. The first kappa shape index (κ1) is 12.2. The summed E-state index contributed by atoms with van der Waals surface area (Å²) in [5.74, 6) is 0.262. The smallest absolute Gasteiger partial charge is 0.273 e. The minimum absolute atomic E-state index is 0.262. The van der Waals surface area contributed by atoms with E-state index in [9.17, 15) is 9.59 Å². The lowest BCUT2D eigenvalue weighted by Crippen LogP contribution is -2.18. The van der Waals surface area contributed by atoms with Gasteiger partial charge in [0.05, 0.1) is 12.0 Å². The van der Waals surface area contributed by atoms with Crippen molar-refractivity contribution >= 4 is 0 Å². The van der Waals surface area contributed by atoms with Crippen molar-refractivity contribution in [3.63, 3.8) is 0 Å². The quantitative estimate of drug-likeness (QED) is 0.733. The van der Waals surface area contributed by atoms with Crippen LogP contribution in [0.2, 0.25) is 0 Å². The van der Waals surface area contributed by atoms with Crippen LogP contribution in [0.5, 0.6) is 0 Å². The molecule has 3 aromatic rings. The van der Waals surface area contributed by atoms with Crippen LogP contribution < -0.4 is 11.1 Å². The second-order valence-electron chi connectivity index (χ2n) is 4.48. The molecule has 2 aromatic heterocycles. The number of H-pyrrole nitrogens is 2. The zero-order valence-corrected chi connectivity index (χ0v) is 10.8. The lowest BCUT2D eigenvalue weighted by Gasteiger charge is -2.01. The van der Waals surface area contributed by atoms with Crippen molar-refractivity contribution in [2.75, 3.05) is 0 Å². The molecule has 3 rings (SSSR count). The number of hydrogen-bond acceptors (Lipinski definition) is 3. The molecule has 0 aliphatic heterocycles. The number of rotatable bonds is 2. The lowest BCUT2D eigenvalue weighted by molar-refractivity contribution is 0.811. The normalized spacial score (nSPS) is 10.7. The summed E-state index contributed by atoms with van der Waals surface area (Å²) in [5, 5.41) is 2.96. The first-order valence-corrected chi connectivity index (χ1v) is 6.08. The fourth-order valence-corrected chi connectivity index (χ4v) is 2.01. The largest absolute Gasteiger partial charge is 0.313 e. The van der Waals surface area contributed by atoms with Gasteiger partial charge in [0, 0.05) is 12.1 Å². The van der Waals surface area contributed by atoms with E-state index in [0.717, 1.165) is 11.1 Å². The van der Waals surface area contributed by atoms with E-state index >= 15 is 0 Å². The van der Waals surface area contributed by atoms with Gasteiger partial charge in [0.15, 0.2) is 5.82 Å². The number of nitrogens with one attached hydrogen (secondary N) is 2. The molecule has 100 valence electrons. The Morgan fingerprint density at radius 1 is 1.15 bits per heavy atom. The van der Waals surface area contributed by atoms with E-state index in [1.165, 1.54) is 23.1 Å². The molecular formula is C14H12N4O2. The van der Waals surface area contributed by atoms with Crippen LogP contribution in [-0.2, 0) is 0 Å². The predicted octanol–water partition coefficient (Wildman–Crippen LogP) is 1.22. The Balaban J connectivity index is 2.12. The van der Waals surface area contributed by atoms with Gasteiger partial charge in [0.2, 0.25) is 0 Å². The van der Waals surface area contributed by atoms with Crippen LogP contribution in [0.3, 0.4) is 0 Å². The maximum atomic E-state index is 12.0. The second-order valence-corrected chi connectivity index (χ2v) is 4.48. The number of benzene rings is 1. The Bertz CT molecular complexity index is 873. The monoisotopic (exact) mass is 268 g/mol. The van der Waals surface area contributed by atoms with Gasteiger partial charge in [0.1, 0.15) is 0 Å². The molecule has 2 N–H and O–H groups in total. The molecule has 0 amide bonds. The van der Waals surface area contributed by atoms with E-state index in [4.69, 9.17) is 0 Å². The highest BCUT2D eigenvalue weighted by molar-refractivity contribution is 5.59. The number of nitrogens with zero attached hydrogens (tertiary/aromatic N) is 2. The van der Waals surface area contributed by atoms with Gasteiger partial charge in [0.25, 0.3) is 11.1 Å². The molecular weight excluding hydrogens is 256 g/mol. The summed E-state index contributed by atoms with van der Waals surface area (Å²) in [6.07, 6.45) is 1.26. The summed E-state index contributed by atoms with van der Waals surface area (Å²) in [5.41, 5.74) is 2.12. The summed E-state index contributed by atoms with van der Waals surface area (Å²) in [4.78, 5) is 29.6. The van der Waals surface area contributed by atoms with E-state index in [0.29, 0.717) is 5.69 Å². The van der Waals surface area contributed by atoms with Gasteiger partial charge in [-0.3, -0.25) is 14.7 Å². The summed E-state index contributed by atoms with van der Waals surface area (Å²) in [6, 6.07) is 10.5. The fraction of sp³-hybridized carbons (Fsp3) is 0.0714. The Hall–Kier alpha value is -2.89. The average Bonchev–Trinajstić information content (AvgIpc) is 2.81. The number of aromatic amines is 2. The molecule has 0 spiro atoms. The van der Waals surface area contributed by atoms with Crippen LogP contribution in [0, 0.1) is 6.92 Å². The van der Waals surface area contributed by atoms with Crippen molar-refractivity contribution in [2.45, 2.75) is 6.92 Å². The molecule has 0 aliphatic rings. The molecule has 0 aliphatic carbocycles. The first-order valence-electron chi connectivity index (χ1n) is 6.08. The van der Waals surface area contributed by atoms with Crippen molar-refractivity contribution in [1.82, 2.24) is 19.7 Å². The minimum Gasteiger partial charge on any atom is -0.313 e. The van der Waals surface area contributed by atoms with Crippen LogP contribution >= 0.6 is 0 Å². The van der Waals surface area contributed by atoms with Gasteiger partial charge in [-0.25, -0.2) is 9.67 Å². The molecule has 20 heavy (non-hydrogen) atoms.